The molecule has 0 aromatic heterocycles. The van der Waals surface area contributed by atoms with Crippen LogP contribution < -0.4 is 0 Å². The van der Waals surface area contributed by atoms with Crippen molar-refractivity contribution in [3.05, 3.63) is 0 Å². The molecular formula is C14H24N2. The normalized spacial score (nSPS) is 41.2. The molecule has 0 unspecified atom stereocenters. The van der Waals surface area contributed by atoms with Crippen LogP contribution in [0.2, 0.25) is 0 Å². The second-order valence-corrected chi connectivity index (χ2v) is 7.65. The minimum Gasteiger partial charge on any atom is -0.305 e. The van der Waals surface area contributed by atoms with Crippen LogP contribution in [0.3, 0.4) is 0 Å². The van der Waals surface area contributed by atoms with E-state index in [1.165, 1.54) is 51.9 Å². The summed E-state index contributed by atoms with van der Waals surface area (Å²) in [7, 11) is 2.26. The number of likely N-dealkylation sites (tertiary alicyclic amines) is 2. The molecule has 0 N–H and O–H groups in total. The van der Waals surface area contributed by atoms with Gasteiger partial charge in [-0.25, -0.2) is 0 Å². The number of nitrogens with zero attached hydrogens (tertiary/aromatic N) is 2. The minimum absolute atomic E-state index is 0.773. The van der Waals surface area contributed by atoms with Crippen LogP contribution in [-0.2, 0) is 0 Å². The Kier molecular flexibility index (Phi) is 1.76. The largest absolute Gasteiger partial charge is 0.305 e. The summed E-state index contributed by atoms with van der Waals surface area (Å²) < 4.78 is 0. The zero-order valence-electron chi connectivity index (χ0n) is 10.7. The van der Waals surface area contributed by atoms with Crippen LogP contribution in [0.15, 0.2) is 0 Å². The second-order valence-electron chi connectivity index (χ2n) is 7.65. The second kappa shape index (κ2) is 2.84. The van der Waals surface area contributed by atoms with Crippen LogP contribution >= 0.6 is 0 Å². The minimum atomic E-state index is 0.773. The van der Waals surface area contributed by atoms with Gasteiger partial charge in [0.1, 0.15) is 0 Å². The lowest BCUT2D eigenvalue weighted by Crippen LogP contribution is -2.71. The summed E-state index contributed by atoms with van der Waals surface area (Å²) in [4.78, 5) is 5.26. The van der Waals surface area contributed by atoms with Crippen molar-refractivity contribution in [1.82, 2.24) is 9.80 Å². The van der Waals surface area contributed by atoms with Gasteiger partial charge in [0.25, 0.3) is 0 Å². The molecule has 2 aliphatic carbocycles. The first-order valence-corrected chi connectivity index (χ1v) is 7.01. The molecule has 16 heavy (non-hydrogen) atoms. The van der Waals surface area contributed by atoms with Crippen molar-refractivity contribution in [2.45, 2.75) is 38.6 Å². The van der Waals surface area contributed by atoms with Crippen molar-refractivity contribution in [3.8, 4) is 0 Å². The standard InChI is InChI=1S/C14H24N2/c1-11-3-13(4-11)9-16(10-13)12-5-14(6-12)7-15(2)8-14/h11-12H,3-10H2,1-2H3. The molecule has 4 fully saturated rings. The fourth-order valence-electron chi connectivity index (χ4n) is 5.31. The maximum absolute atomic E-state index is 2.79. The maximum atomic E-state index is 2.79. The van der Waals surface area contributed by atoms with E-state index in [1.807, 2.05) is 0 Å². The van der Waals surface area contributed by atoms with Crippen LogP contribution in [0.1, 0.15) is 32.6 Å². The molecule has 0 aromatic rings. The molecule has 0 bridgehead atoms. The molecule has 90 valence electrons. The average Bonchev–Trinajstić information content (AvgIpc) is 1.99. The molecule has 0 atom stereocenters. The third kappa shape index (κ3) is 1.20. The fraction of sp³-hybridized carbons (Fsp3) is 1.00. The monoisotopic (exact) mass is 220 g/mol. The van der Waals surface area contributed by atoms with Crippen molar-refractivity contribution in [2.24, 2.45) is 16.7 Å². The van der Waals surface area contributed by atoms with E-state index in [0.717, 1.165) is 22.8 Å². The third-order valence-electron chi connectivity index (χ3n) is 5.70. The van der Waals surface area contributed by atoms with Crippen molar-refractivity contribution < 1.29 is 0 Å². The topological polar surface area (TPSA) is 6.48 Å². The van der Waals surface area contributed by atoms with Gasteiger partial charge in [-0.1, -0.05) is 6.92 Å². The lowest BCUT2D eigenvalue weighted by molar-refractivity contribution is -0.170. The summed E-state index contributed by atoms with van der Waals surface area (Å²) in [5.74, 6) is 1.02. The Morgan fingerprint density at radius 1 is 0.875 bits per heavy atom. The Balaban J connectivity index is 1.27. The Bertz CT molecular complexity index is 265. The molecule has 0 radical (unpaired) electrons. The Morgan fingerprint density at radius 2 is 1.44 bits per heavy atom. The highest BCUT2D eigenvalue weighted by Gasteiger charge is 2.58. The summed E-state index contributed by atoms with van der Waals surface area (Å²) in [6.07, 6.45) is 6.04. The van der Waals surface area contributed by atoms with Crippen molar-refractivity contribution in [3.63, 3.8) is 0 Å². The van der Waals surface area contributed by atoms with Gasteiger partial charge in [0, 0.05) is 32.2 Å². The quantitative estimate of drug-likeness (QED) is 0.665. The van der Waals surface area contributed by atoms with Gasteiger partial charge in [0.2, 0.25) is 0 Å². The molecule has 0 amide bonds. The van der Waals surface area contributed by atoms with Gasteiger partial charge in [0.15, 0.2) is 0 Å². The Labute approximate surface area is 99.0 Å². The van der Waals surface area contributed by atoms with E-state index in [0.29, 0.717) is 0 Å². The first-order valence-electron chi connectivity index (χ1n) is 7.01. The molecule has 2 spiro atoms. The van der Waals surface area contributed by atoms with E-state index in [1.54, 1.807) is 0 Å². The highest BCUT2D eigenvalue weighted by atomic mass is 15.3. The molecule has 4 rings (SSSR count). The average molecular weight is 220 g/mol. The van der Waals surface area contributed by atoms with E-state index in [2.05, 4.69) is 23.8 Å². The van der Waals surface area contributed by atoms with E-state index in [9.17, 15) is 0 Å². The summed E-state index contributed by atoms with van der Waals surface area (Å²) in [5.41, 5.74) is 1.58. The maximum Gasteiger partial charge on any atom is 0.0108 e. The van der Waals surface area contributed by atoms with E-state index in [-0.39, 0.29) is 0 Å². The summed E-state index contributed by atoms with van der Waals surface area (Å²) in [5, 5.41) is 0. The third-order valence-corrected chi connectivity index (χ3v) is 5.70. The van der Waals surface area contributed by atoms with Gasteiger partial charge in [-0.3, -0.25) is 4.90 Å². The van der Waals surface area contributed by atoms with Gasteiger partial charge in [-0.15, -0.1) is 0 Å². The summed E-state index contributed by atoms with van der Waals surface area (Å²) >= 11 is 0. The molecule has 2 heteroatoms. The lowest BCUT2D eigenvalue weighted by atomic mass is 9.55. The fourth-order valence-corrected chi connectivity index (χ4v) is 5.31. The number of rotatable bonds is 1. The first kappa shape index (κ1) is 9.90. The van der Waals surface area contributed by atoms with E-state index < -0.39 is 0 Å². The summed E-state index contributed by atoms with van der Waals surface area (Å²) in [6, 6.07) is 0.968. The van der Waals surface area contributed by atoms with Gasteiger partial charge < -0.3 is 4.90 Å². The molecule has 4 aliphatic rings. The van der Waals surface area contributed by atoms with Gasteiger partial charge in [-0.2, -0.15) is 0 Å². The van der Waals surface area contributed by atoms with Crippen molar-refractivity contribution >= 4 is 0 Å². The molecular weight excluding hydrogens is 196 g/mol. The van der Waals surface area contributed by atoms with Crippen LogP contribution in [0, 0.1) is 16.7 Å². The van der Waals surface area contributed by atoms with Crippen LogP contribution in [-0.4, -0.2) is 49.1 Å². The zero-order valence-corrected chi connectivity index (χ0v) is 10.7. The van der Waals surface area contributed by atoms with Crippen LogP contribution in [0.5, 0.6) is 0 Å². The van der Waals surface area contributed by atoms with Gasteiger partial charge in [-0.05, 0) is 49.5 Å². The SMILES string of the molecule is CC1CC2(C1)CN(C1CC3(C1)CN(C)C3)C2. The Hall–Kier alpha value is -0.0800. The van der Waals surface area contributed by atoms with E-state index >= 15 is 0 Å². The predicted octanol–water partition coefficient (Wildman–Crippen LogP) is 1.81. The van der Waals surface area contributed by atoms with Crippen molar-refractivity contribution in [2.75, 3.05) is 33.2 Å². The summed E-state index contributed by atoms with van der Waals surface area (Å²) in [6.45, 7) is 8.04. The lowest BCUT2D eigenvalue weighted by Gasteiger charge is -2.67. The molecule has 2 aliphatic heterocycles. The van der Waals surface area contributed by atoms with Crippen LogP contribution in [0.25, 0.3) is 0 Å². The van der Waals surface area contributed by atoms with Crippen molar-refractivity contribution in [1.29, 1.82) is 0 Å². The van der Waals surface area contributed by atoms with Gasteiger partial charge in [0.05, 0.1) is 0 Å². The molecule has 2 saturated carbocycles. The highest BCUT2D eigenvalue weighted by Crippen LogP contribution is 2.57. The first-order chi connectivity index (χ1) is 7.58. The smallest absolute Gasteiger partial charge is 0.0108 e. The number of hydrogen-bond donors (Lipinski definition) is 0. The number of hydrogen-bond acceptors (Lipinski definition) is 2. The molecule has 2 saturated heterocycles. The molecule has 2 nitrogen and oxygen atoms in total. The molecule has 2 heterocycles. The van der Waals surface area contributed by atoms with Crippen LogP contribution in [0.4, 0.5) is 0 Å². The highest BCUT2D eigenvalue weighted by molar-refractivity contribution is 5.12. The Morgan fingerprint density at radius 3 is 1.94 bits per heavy atom. The zero-order chi connectivity index (χ0) is 11.0. The van der Waals surface area contributed by atoms with Gasteiger partial charge >= 0.3 is 0 Å². The molecule has 0 aromatic carbocycles. The predicted molar refractivity (Wildman–Crippen MR) is 65.4 cm³/mol. The van der Waals surface area contributed by atoms with E-state index in [4.69, 9.17) is 0 Å².